The average molecular weight is 283 g/mol. The van der Waals surface area contributed by atoms with E-state index in [0.29, 0.717) is 5.41 Å². The predicted molar refractivity (Wildman–Crippen MR) is 83.1 cm³/mol. The zero-order chi connectivity index (χ0) is 14.7. The summed E-state index contributed by atoms with van der Waals surface area (Å²) in [5, 5.41) is 3.71. The molecule has 4 atom stereocenters. The van der Waals surface area contributed by atoms with E-state index in [9.17, 15) is 0 Å². The molecule has 2 bridgehead atoms. The fraction of sp³-hybridized carbons (Fsp3) is 0.647. The Bertz CT molecular complexity index is 614. The molecule has 1 saturated heterocycles. The third-order valence-corrected chi connectivity index (χ3v) is 6.38. The molecule has 1 aromatic carbocycles. The summed E-state index contributed by atoms with van der Waals surface area (Å²) in [7, 11) is 4.77. The van der Waals surface area contributed by atoms with Crippen LogP contribution >= 0.6 is 0 Å². The lowest BCUT2D eigenvalue weighted by molar-refractivity contribution is -0.881. The molecule has 0 N–H and O–H groups in total. The molecule has 2 saturated carbocycles. The minimum absolute atomic E-state index is 0.376. The van der Waals surface area contributed by atoms with Crippen LogP contribution in [0.25, 0.3) is 10.4 Å². The second-order valence-electron chi connectivity index (χ2n) is 7.93. The molecule has 21 heavy (non-hydrogen) atoms. The fourth-order valence-electron chi connectivity index (χ4n) is 5.87. The summed E-state index contributed by atoms with van der Waals surface area (Å²) in [6, 6.07) is 8.43. The first-order valence-electron chi connectivity index (χ1n) is 8.03. The highest BCUT2D eigenvalue weighted by atomic mass is 15.3. The Balaban J connectivity index is 1.78. The number of rotatable bonds is 2. The number of fused-ring (bicyclic) bond motifs is 5. The van der Waals surface area contributed by atoms with E-state index < -0.39 is 0 Å². The van der Waals surface area contributed by atoms with Crippen LogP contribution in [0.1, 0.15) is 24.8 Å². The second-order valence-corrected chi connectivity index (χ2v) is 7.93. The molecule has 1 heterocycles. The van der Waals surface area contributed by atoms with E-state index in [1.807, 2.05) is 12.1 Å². The molecule has 0 amide bonds. The third-order valence-electron chi connectivity index (χ3n) is 6.38. The van der Waals surface area contributed by atoms with E-state index in [1.54, 1.807) is 0 Å². The van der Waals surface area contributed by atoms with Crippen molar-refractivity contribution in [3.63, 3.8) is 0 Å². The van der Waals surface area contributed by atoms with Gasteiger partial charge in [0.25, 0.3) is 0 Å². The maximum absolute atomic E-state index is 8.56. The van der Waals surface area contributed by atoms with Crippen LogP contribution in [0.5, 0.6) is 0 Å². The topological polar surface area (TPSA) is 48.8 Å². The van der Waals surface area contributed by atoms with Crippen molar-refractivity contribution in [3.8, 4) is 0 Å². The van der Waals surface area contributed by atoms with Crippen molar-refractivity contribution >= 4 is 5.69 Å². The SMILES string of the molecule is C[N+]1(C)CC2C3CCC(C3)C2(c2ccc(N=[N+]=[N-])cc2)C1. The smallest absolute Gasteiger partial charge is 0.0888 e. The molecular formula is C17H23N4+. The Hall–Kier alpha value is -1.51. The number of quaternary nitrogens is 1. The molecule has 1 aliphatic heterocycles. The van der Waals surface area contributed by atoms with Crippen molar-refractivity contribution in [2.45, 2.75) is 24.7 Å². The molecule has 4 heteroatoms. The van der Waals surface area contributed by atoms with Crippen LogP contribution in [-0.4, -0.2) is 31.7 Å². The molecule has 2 aliphatic carbocycles. The third kappa shape index (κ3) is 1.76. The number of hydrogen-bond donors (Lipinski definition) is 0. The molecule has 0 aromatic heterocycles. The first-order valence-corrected chi connectivity index (χ1v) is 8.03. The normalized spacial score (nSPS) is 39.0. The van der Waals surface area contributed by atoms with E-state index in [1.165, 1.54) is 37.9 Å². The summed E-state index contributed by atoms with van der Waals surface area (Å²) in [6.07, 6.45) is 4.27. The largest absolute Gasteiger partial charge is 0.327 e. The minimum Gasteiger partial charge on any atom is -0.327 e. The number of likely N-dealkylation sites (tertiary alicyclic amines) is 1. The maximum Gasteiger partial charge on any atom is 0.0888 e. The van der Waals surface area contributed by atoms with Gasteiger partial charge in [-0.1, -0.05) is 29.4 Å². The van der Waals surface area contributed by atoms with Gasteiger partial charge in [-0.2, -0.15) is 0 Å². The van der Waals surface area contributed by atoms with E-state index >= 15 is 0 Å². The van der Waals surface area contributed by atoms with E-state index in [2.05, 4.69) is 36.3 Å². The van der Waals surface area contributed by atoms with Gasteiger partial charge in [0.1, 0.15) is 0 Å². The summed E-state index contributed by atoms with van der Waals surface area (Å²) in [5.41, 5.74) is 11.1. The van der Waals surface area contributed by atoms with Crippen molar-refractivity contribution in [2.24, 2.45) is 22.9 Å². The molecule has 0 spiro atoms. The van der Waals surface area contributed by atoms with Gasteiger partial charge in [0, 0.05) is 16.5 Å². The van der Waals surface area contributed by atoms with Crippen molar-refractivity contribution in [1.29, 1.82) is 0 Å². The highest BCUT2D eigenvalue weighted by molar-refractivity contribution is 5.43. The van der Waals surface area contributed by atoms with E-state index in [0.717, 1.165) is 27.9 Å². The fourth-order valence-corrected chi connectivity index (χ4v) is 5.87. The Morgan fingerprint density at radius 3 is 2.71 bits per heavy atom. The Kier molecular flexibility index (Phi) is 2.66. The number of hydrogen-bond acceptors (Lipinski definition) is 1. The highest BCUT2D eigenvalue weighted by Crippen LogP contribution is 2.64. The lowest BCUT2D eigenvalue weighted by Crippen LogP contribution is -2.44. The van der Waals surface area contributed by atoms with Crippen LogP contribution in [0.4, 0.5) is 5.69 Å². The van der Waals surface area contributed by atoms with Gasteiger partial charge < -0.3 is 4.48 Å². The molecule has 3 aliphatic rings. The standard InChI is InChI=1S/C17H23N4/c1-21(2)10-16-12-3-4-14(9-12)17(16,11-21)13-5-7-15(8-6-13)19-20-18/h5-8,12,14,16H,3-4,9-11H2,1-2H3/q+1. The van der Waals surface area contributed by atoms with Crippen LogP contribution in [0.2, 0.25) is 0 Å². The zero-order valence-corrected chi connectivity index (χ0v) is 12.9. The molecule has 4 unspecified atom stereocenters. The lowest BCUT2D eigenvalue weighted by atomic mass is 9.64. The molecule has 1 aromatic rings. The summed E-state index contributed by atoms with van der Waals surface area (Å²) in [4.78, 5) is 2.88. The van der Waals surface area contributed by atoms with Gasteiger partial charge in [0.2, 0.25) is 0 Å². The Labute approximate surface area is 126 Å². The van der Waals surface area contributed by atoms with Gasteiger partial charge in [-0.15, -0.1) is 0 Å². The summed E-state index contributed by atoms with van der Waals surface area (Å²) in [5.74, 6) is 2.64. The van der Waals surface area contributed by atoms with Gasteiger partial charge in [-0.3, -0.25) is 0 Å². The van der Waals surface area contributed by atoms with Crippen molar-refractivity contribution in [3.05, 3.63) is 40.3 Å². The maximum atomic E-state index is 8.56. The quantitative estimate of drug-likeness (QED) is 0.341. The average Bonchev–Trinajstić information content (AvgIpc) is 3.09. The van der Waals surface area contributed by atoms with Gasteiger partial charge in [0.05, 0.1) is 32.6 Å². The first-order chi connectivity index (χ1) is 10.0. The van der Waals surface area contributed by atoms with E-state index in [4.69, 9.17) is 5.53 Å². The summed E-state index contributed by atoms with van der Waals surface area (Å²) in [6.45, 7) is 2.58. The lowest BCUT2D eigenvalue weighted by Gasteiger charge is -2.37. The molecule has 4 nitrogen and oxygen atoms in total. The van der Waals surface area contributed by atoms with Crippen LogP contribution in [0.15, 0.2) is 29.4 Å². The predicted octanol–water partition coefficient (Wildman–Crippen LogP) is 4.00. The number of azide groups is 1. The van der Waals surface area contributed by atoms with Crippen LogP contribution < -0.4 is 0 Å². The highest BCUT2D eigenvalue weighted by Gasteiger charge is 2.66. The van der Waals surface area contributed by atoms with Crippen LogP contribution in [0.3, 0.4) is 0 Å². The first kappa shape index (κ1) is 13.2. The van der Waals surface area contributed by atoms with E-state index in [-0.39, 0.29) is 0 Å². The summed E-state index contributed by atoms with van der Waals surface area (Å²) >= 11 is 0. The monoisotopic (exact) mass is 283 g/mol. The Morgan fingerprint density at radius 1 is 1.24 bits per heavy atom. The summed E-state index contributed by atoms with van der Waals surface area (Å²) < 4.78 is 1.15. The molecule has 0 radical (unpaired) electrons. The van der Waals surface area contributed by atoms with Crippen molar-refractivity contribution in [1.82, 2.24) is 0 Å². The van der Waals surface area contributed by atoms with Gasteiger partial charge in [0.15, 0.2) is 0 Å². The van der Waals surface area contributed by atoms with Crippen LogP contribution in [-0.2, 0) is 5.41 Å². The Morgan fingerprint density at radius 2 is 2.00 bits per heavy atom. The number of nitrogens with zero attached hydrogens (tertiary/aromatic N) is 4. The van der Waals surface area contributed by atoms with Crippen LogP contribution in [0, 0.1) is 17.8 Å². The van der Waals surface area contributed by atoms with Gasteiger partial charge >= 0.3 is 0 Å². The minimum atomic E-state index is 0.376. The number of benzene rings is 1. The second kappa shape index (κ2) is 4.25. The van der Waals surface area contributed by atoms with Crippen molar-refractivity contribution < 1.29 is 4.48 Å². The molecule has 3 fully saturated rings. The zero-order valence-electron chi connectivity index (χ0n) is 12.9. The van der Waals surface area contributed by atoms with Gasteiger partial charge in [-0.05, 0) is 42.2 Å². The van der Waals surface area contributed by atoms with Crippen molar-refractivity contribution in [2.75, 3.05) is 27.2 Å². The molecule has 4 rings (SSSR count). The molecular weight excluding hydrogens is 260 g/mol. The number of likely N-dealkylation sites (N-methyl/N-ethyl adjacent to an activating group) is 1. The molecule has 110 valence electrons. The van der Waals surface area contributed by atoms with Gasteiger partial charge in [-0.25, -0.2) is 0 Å².